The summed E-state index contributed by atoms with van der Waals surface area (Å²) >= 11 is 0. The van der Waals surface area contributed by atoms with Crippen LogP contribution in [0.15, 0.2) is 18.2 Å². The molecule has 0 bridgehead atoms. The van der Waals surface area contributed by atoms with Crippen LogP contribution in [0.25, 0.3) is 0 Å². The lowest BCUT2D eigenvalue weighted by Crippen LogP contribution is -2.51. The van der Waals surface area contributed by atoms with E-state index >= 15 is 0 Å². The summed E-state index contributed by atoms with van der Waals surface area (Å²) in [6.07, 6.45) is -0.376. The Labute approximate surface area is 150 Å². The highest BCUT2D eigenvalue weighted by molar-refractivity contribution is 6.21. The van der Waals surface area contributed by atoms with Crippen LogP contribution < -0.4 is 5.32 Å². The number of anilines is 1. The van der Waals surface area contributed by atoms with Gasteiger partial charge in [-0.15, -0.1) is 0 Å². The van der Waals surface area contributed by atoms with E-state index in [4.69, 9.17) is 4.74 Å². The van der Waals surface area contributed by atoms with Crippen LogP contribution in [-0.4, -0.2) is 78.5 Å². The van der Waals surface area contributed by atoms with E-state index in [1.165, 1.54) is 19.2 Å². The van der Waals surface area contributed by atoms with Gasteiger partial charge in [-0.1, -0.05) is 0 Å². The van der Waals surface area contributed by atoms with Crippen LogP contribution in [-0.2, 0) is 4.74 Å². The monoisotopic (exact) mass is 360 g/mol. The number of benzene rings is 1. The van der Waals surface area contributed by atoms with Gasteiger partial charge in [-0.3, -0.25) is 14.5 Å². The molecule has 138 valence electrons. The smallest absolute Gasteiger partial charge is 0.409 e. The molecular formula is C17H20N4O5. The third-order valence-electron chi connectivity index (χ3n) is 4.43. The summed E-state index contributed by atoms with van der Waals surface area (Å²) < 4.78 is 4.95. The van der Waals surface area contributed by atoms with E-state index in [1.54, 1.807) is 22.8 Å². The van der Waals surface area contributed by atoms with E-state index in [0.29, 0.717) is 44.0 Å². The highest BCUT2D eigenvalue weighted by Gasteiger charge is 2.33. The van der Waals surface area contributed by atoms with Crippen molar-refractivity contribution in [1.29, 1.82) is 0 Å². The topological polar surface area (TPSA) is 99.3 Å². The Hall–Kier alpha value is -3.10. The second-order valence-electron chi connectivity index (χ2n) is 6.03. The molecule has 1 fully saturated rings. The van der Waals surface area contributed by atoms with Crippen LogP contribution >= 0.6 is 0 Å². The fourth-order valence-corrected chi connectivity index (χ4v) is 2.95. The molecule has 0 aromatic heterocycles. The van der Waals surface area contributed by atoms with Crippen LogP contribution in [0, 0.1) is 0 Å². The molecule has 1 saturated heterocycles. The SMILES string of the molecule is CCOC(=O)N1CCN(C(=O)Nc2ccc3c(c2)C(=O)N(C)C3=O)CC1. The van der Waals surface area contributed by atoms with E-state index in [1.807, 2.05) is 0 Å². The number of carbonyl (C=O) groups excluding carboxylic acids is 4. The van der Waals surface area contributed by atoms with Gasteiger partial charge >= 0.3 is 12.1 Å². The Morgan fingerprint density at radius 2 is 1.65 bits per heavy atom. The zero-order valence-electron chi connectivity index (χ0n) is 14.7. The highest BCUT2D eigenvalue weighted by Crippen LogP contribution is 2.25. The van der Waals surface area contributed by atoms with Crippen molar-refractivity contribution in [2.45, 2.75) is 6.92 Å². The number of hydrogen-bond donors (Lipinski definition) is 1. The molecule has 0 aliphatic carbocycles. The summed E-state index contributed by atoms with van der Waals surface area (Å²) in [6.45, 7) is 3.62. The maximum absolute atomic E-state index is 12.4. The Bertz CT molecular complexity index is 770. The molecule has 0 spiro atoms. The predicted molar refractivity (Wildman–Crippen MR) is 92.1 cm³/mol. The maximum atomic E-state index is 12.4. The summed E-state index contributed by atoms with van der Waals surface area (Å²) in [7, 11) is 1.42. The Kier molecular flexibility index (Phi) is 4.79. The van der Waals surface area contributed by atoms with Gasteiger partial charge in [0.25, 0.3) is 11.8 Å². The van der Waals surface area contributed by atoms with Gasteiger partial charge in [0.15, 0.2) is 0 Å². The number of carbonyl (C=O) groups is 4. The Morgan fingerprint density at radius 3 is 2.31 bits per heavy atom. The number of ether oxygens (including phenoxy) is 1. The lowest BCUT2D eigenvalue weighted by atomic mass is 10.1. The van der Waals surface area contributed by atoms with Crippen molar-refractivity contribution in [2.24, 2.45) is 0 Å². The molecule has 1 aromatic carbocycles. The van der Waals surface area contributed by atoms with E-state index < -0.39 is 0 Å². The molecule has 9 nitrogen and oxygen atoms in total. The molecule has 1 N–H and O–H groups in total. The lowest BCUT2D eigenvalue weighted by molar-refractivity contribution is 0.0692. The van der Waals surface area contributed by atoms with Gasteiger partial charge in [0.1, 0.15) is 0 Å². The van der Waals surface area contributed by atoms with Crippen molar-refractivity contribution in [3.63, 3.8) is 0 Å². The van der Waals surface area contributed by atoms with Crippen LogP contribution in [0.1, 0.15) is 27.6 Å². The van der Waals surface area contributed by atoms with Crippen LogP contribution in [0.4, 0.5) is 15.3 Å². The molecule has 2 aliphatic heterocycles. The molecule has 2 heterocycles. The van der Waals surface area contributed by atoms with Gasteiger partial charge in [0.2, 0.25) is 0 Å². The molecule has 0 atom stereocenters. The Balaban J connectivity index is 1.61. The highest BCUT2D eigenvalue weighted by atomic mass is 16.6. The summed E-state index contributed by atoms with van der Waals surface area (Å²) in [5, 5.41) is 2.73. The van der Waals surface area contributed by atoms with Gasteiger partial charge in [-0.05, 0) is 25.1 Å². The normalized spacial score (nSPS) is 16.6. The second-order valence-corrected chi connectivity index (χ2v) is 6.03. The summed E-state index contributed by atoms with van der Waals surface area (Å²) in [6, 6.07) is 4.31. The summed E-state index contributed by atoms with van der Waals surface area (Å²) in [4.78, 5) is 52.2. The number of imide groups is 1. The number of nitrogens with zero attached hydrogens (tertiary/aromatic N) is 3. The minimum absolute atomic E-state index is 0.280. The number of piperazine rings is 1. The quantitative estimate of drug-likeness (QED) is 0.800. The first-order valence-corrected chi connectivity index (χ1v) is 8.36. The van der Waals surface area contributed by atoms with Crippen molar-refractivity contribution in [1.82, 2.24) is 14.7 Å². The van der Waals surface area contributed by atoms with Gasteiger partial charge in [-0.25, -0.2) is 9.59 Å². The number of fused-ring (bicyclic) bond motifs is 1. The number of amides is 5. The standard InChI is InChI=1S/C17H20N4O5/c1-3-26-17(25)21-8-6-20(7-9-21)16(24)18-11-4-5-12-13(10-11)15(23)19(2)14(12)22/h4-5,10H,3,6-9H2,1-2H3,(H,18,24). The fourth-order valence-electron chi connectivity index (χ4n) is 2.95. The fraction of sp³-hybridized carbons (Fsp3) is 0.412. The van der Waals surface area contributed by atoms with Crippen molar-refractivity contribution in [3.8, 4) is 0 Å². The molecular weight excluding hydrogens is 340 g/mol. The van der Waals surface area contributed by atoms with E-state index in [0.717, 1.165) is 4.90 Å². The number of hydrogen-bond acceptors (Lipinski definition) is 5. The Morgan fingerprint density at radius 1 is 1.04 bits per heavy atom. The average molecular weight is 360 g/mol. The van der Waals surface area contributed by atoms with Gasteiger partial charge in [0.05, 0.1) is 17.7 Å². The van der Waals surface area contributed by atoms with Crippen LogP contribution in [0.2, 0.25) is 0 Å². The number of rotatable bonds is 2. The molecule has 2 aliphatic rings. The van der Waals surface area contributed by atoms with Crippen LogP contribution in [0.3, 0.4) is 0 Å². The zero-order valence-corrected chi connectivity index (χ0v) is 14.7. The first-order chi connectivity index (χ1) is 12.4. The van der Waals surface area contributed by atoms with Gasteiger partial charge in [-0.2, -0.15) is 0 Å². The van der Waals surface area contributed by atoms with Crippen LogP contribution in [0.5, 0.6) is 0 Å². The third kappa shape index (κ3) is 3.19. The first kappa shape index (κ1) is 17.7. The largest absolute Gasteiger partial charge is 0.450 e. The van der Waals surface area contributed by atoms with E-state index in [-0.39, 0.29) is 29.5 Å². The molecule has 5 amide bonds. The lowest BCUT2D eigenvalue weighted by Gasteiger charge is -2.34. The predicted octanol–water partition coefficient (Wildman–Crippen LogP) is 1.22. The number of urea groups is 1. The van der Waals surface area contributed by atoms with Crippen molar-refractivity contribution in [2.75, 3.05) is 45.2 Å². The molecule has 9 heteroatoms. The van der Waals surface area contributed by atoms with Crippen molar-refractivity contribution in [3.05, 3.63) is 29.3 Å². The van der Waals surface area contributed by atoms with Crippen molar-refractivity contribution < 1.29 is 23.9 Å². The maximum Gasteiger partial charge on any atom is 0.409 e. The van der Waals surface area contributed by atoms with Gasteiger partial charge < -0.3 is 19.9 Å². The third-order valence-corrected chi connectivity index (χ3v) is 4.43. The van der Waals surface area contributed by atoms with E-state index in [9.17, 15) is 19.2 Å². The molecule has 26 heavy (non-hydrogen) atoms. The molecule has 1 aromatic rings. The molecule has 0 radical (unpaired) electrons. The minimum Gasteiger partial charge on any atom is -0.450 e. The molecule has 0 saturated carbocycles. The molecule has 3 rings (SSSR count). The average Bonchev–Trinajstić information content (AvgIpc) is 2.86. The van der Waals surface area contributed by atoms with Crippen molar-refractivity contribution >= 4 is 29.6 Å². The summed E-state index contributed by atoms with van der Waals surface area (Å²) in [5.41, 5.74) is 1.05. The zero-order chi connectivity index (χ0) is 18.8. The second kappa shape index (κ2) is 7.03. The molecule has 0 unspecified atom stereocenters. The van der Waals surface area contributed by atoms with E-state index in [2.05, 4.69) is 5.32 Å². The summed E-state index contributed by atoms with van der Waals surface area (Å²) in [5.74, 6) is -0.734. The minimum atomic E-state index is -0.385. The number of nitrogens with one attached hydrogen (secondary N) is 1. The van der Waals surface area contributed by atoms with Gasteiger partial charge in [0, 0.05) is 38.9 Å². The first-order valence-electron chi connectivity index (χ1n) is 8.36.